The predicted molar refractivity (Wildman–Crippen MR) is 145 cm³/mol. The van der Waals surface area contributed by atoms with Gasteiger partial charge in [0.05, 0.1) is 0 Å². The van der Waals surface area contributed by atoms with Crippen LogP contribution in [0, 0.1) is 19.3 Å². The number of piperidine rings is 1. The molecule has 0 radical (unpaired) electrons. The number of ether oxygens (including phenoxy) is 1. The minimum Gasteiger partial charge on any atom is -0.480 e. The molecule has 1 aromatic heterocycles. The van der Waals surface area contributed by atoms with Crippen LogP contribution in [0.25, 0.3) is 11.1 Å². The van der Waals surface area contributed by atoms with Gasteiger partial charge in [-0.25, -0.2) is 0 Å². The van der Waals surface area contributed by atoms with Crippen LogP contribution in [0.1, 0.15) is 42.1 Å². The molecule has 0 bridgehead atoms. The average molecular weight is 556 g/mol. The van der Waals surface area contributed by atoms with Gasteiger partial charge in [-0.15, -0.1) is 0 Å². The van der Waals surface area contributed by atoms with E-state index in [0.29, 0.717) is 31.9 Å². The Morgan fingerprint density at radius 1 is 1.12 bits per heavy atom. The van der Waals surface area contributed by atoms with E-state index in [9.17, 15) is 23.1 Å². The molecule has 2 fully saturated rings. The second-order valence-electron chi connectivity index (χ2n) is 10.8. The van der Waals surface area contributed by atoms with Crippen LogP contribution in [-0.4, -0.2) is 52.9 Å². The molecule has 1 spiro atoms. The first-order valence-corrected chi connectivity index (χ1v) is 13.2. The molecule has 2 aromatic carbocycles. The van der Waals surface area contributed by atoms with Crippen molar-refractivity contribution in [1.82, 2.24) is 15.3 Å². The van der Waals surface area contributed by atoms with Crippen LogP contribution in [0.3, 0.4) is 0 Å². The minimum atomic E-state index is -4.70. The van der Waals surface area contributed by atoms with Gasteiger partial charge in [-0.3, -0.25) is 4.79 Å². The standard InChI is InChI=1S/C29H32F3N5O3/c1-17-4-3-5-18(2)24(17)19-6-8-20(9-7-19)25(29(30,31)32)40-23-14-22(35-27(33)36-23)37-12-10-28(11-13-37)15-21(26(38)39)34-16-28/h3-9,14,21,25,34H,10-13,15-16H2,1-2H3,(H,38,39)(H2,33,35,36)/t21-,25?/m0/s1. The van der Waals surface area contributed by atoms with E-state index in [0.717, 1.165) is 35.1 Å². The Hall–Kier alpha value is -3.86. The monoisotopic (exact) mass is 555 g/mol. The molecule has 212 valence electrons. The fourth-order valence-corrected chi connectivity index (χ4v) is 5.87. The number of anilines is 2. The molecule has 5 rings (SSSR count). The summed E-state index contributed by atoms with van der Waals surface area (Å²) in [7, 11) is 0. The predicted octanol–water partition coefficient (Wildman–Crippen LogP) is 5.06. The third-order valence-electron chi connectivity index (χ3n) is 8.03. The van der Waals surface area contributed by atoms with Gasteiger partial charge in [0, 0.05) is 31.3 Å². The van der Waals surface area contributed by atoms with Crippen molar-refractivity contribution in [3.63, 3.8) is 0 Å². The molecule has 3 aromatic rings. The summed E-state index contributed by atoms with van der Waals surface area (Å²) in [4.78, 5) is 21.5. The first-order valence-electron chi connectivity index (χ1n) is 13.2. The average Bonchev–Trinajstić information content (AvgIpc) is 3.31. The maximum Gasteiger partial charge on any atom is 0.429 e. The number of nitrogens with two attached hydrogens (primary N) is 1. The number of nitrogen functional groups attached to an aromatic ring is 1. The summed E-state index contributed by atoms with van der Waals surface area (Å²) in [6.45, 7) is 5.68. The molecular weight excluding hydrogens is 523 g/mol. The zero-order valence-electron chi connectivity index (χ0n) is 22.3. The van der Waals surface area contributed by atoms with E-state index in [1.165, 1.54) is 18.2 Å². The number of nitrogens with zero attached hydrogens (tertiary/aromatic N) is 3. The van der Waals surface area contributed by atoms with E-state index < -0.39 is 24.3 Å². The Morgan fingerprint density at radius 2 is 1.77 bits per heavy atom. The lowest BCUT2D eigenvalue weighted by molar-refractivity contribution is -0.198. The topological polar surface area (TPSA) is 114 Å². The van der Waals surface area contributed by atoms with Gasteiger partial charge in [-0.05, 0) is 60.8 Å². The largest absolute Gasteiger partial charge is 0.480 e. The summed E-state index contributed by atoms with van der Waals surface area (Å²) in [6.07, 6.45) is -4.95. The van der Waals surface area contributed by atoms with Gasteiger partial charge >= 0.3 is 12.1 Å². The first-order chi connectivity index (χ1) is 18.9. The number of aryl methyl sites for hydroxylation is 2. The Kier molecular flexibility index (Phi) is 7.34. The maximum atomic E-state index is 14.2. The molecule has 2 atom stereocenters. The van der Waals surface area contributed by atoms with Crippen molar-refractivity contribution in [2.75, 3.05) is 30.3 Å². The number of rotatable bonds is 6. The molecule has 2 saturated heterocycles. The van der Waals surface area contributed by atoms with E-state index in [-0.39, 0.29) is 22.8 Å². The van der Waals surface area contributed by atoms with Gasteiger partial charge in [0.15, 0.2) is 0 Å². The highest BCUT2D eigenvalue weighted by Gasteiger charge is 2.45. The molecule has 3 heterocycles. The van der Waals surface area contributed by atoms with Crippen LogP contribution in [-0.2, 0) is 4.79 Å². The van der Waals surface area contributed by atoms with Gasteiger partial charge in [0.25, 0.3) is 0 Å². The molecule has 4 N–H and O–H groups in total. The number of benzene rings is 2. The summed E-state index contributed by atoms with van der Waals surface area (Å²) >= 11 is 0. The quantitative estimate of drug-likeness (QED) is 0.387. The fraction of sp³-hybridized carbons (Fsp3) is 0.414. The van der Waals surface area contributed by atoms with Crippen molar-refractivity contribution in [2.24, 2.45) is 5.41 Å². The highest BCUT2D eigenvalue weighted by molar-refractivity contribution is 5.74. The molecule has 8 nitrogen and oxygen atoms in total. The number of alkyl halides is 3. The maximum absolute atomic E-state index is 14.2. The van der Waals surface area contributed by atoms with E-state index in [1.54, 1.807) is 12.1 Å². The smallest absolute Gasteiger partial charge is 0.429 e. The lowest BCUT2D eigenvalue weighted by Gasteiger charge is -2.39. The summed E-state index contributed by atoms with van der Waals surface area (Å²) in [5.41, 5.74) is 9.59. The second kappa shape index (κ2) is 10.6. The van der Waals surface area contributed by atoms with Gasteiger partial charge in [0.2, 0.25) is 17.9 Å². The van der Waals surface area contributed by atoms with Crippen LogP contribution in [0.4, 0.5) is 24.9 Å². The van der Waals surface area contributed by atoms with Crippen LogP contribution in [0.5, 0.6) is 5.88 Å². The summed E-state index contributed by atoms with van der Waals surface area (Å²) in [6, 6.07) is 12.9. The molecule has 2 aliphatic heterocycles. The number of halogens is 3. The fourth-order valence-electron chi connectivity index (χ4n) is 5.87. The van der Waals surface area contributed by atoms with Crippen molar-refractivity contribution in [3.05, 3.63) is 65.2 Å². The van der Waals surface area contributed by atoms with E-state index in [1.807, 2.05) is 36.9 Å². The van der Waals surface area contributed by atoms with Crippen LogP contribution in [0.2, 0.25) is 0 Å². The number of nitrogens with one attached hydrogen (secondary N) is 1. The first kappa shape index (κ1) is 27.7. The lowest BCUT2D eigenvalue weighted by atomic mass is 9.76. The highest BCUT2D eigenvalue weighted by Crippen LogP contribution is 2.41. The molecule has 0 amide bonds. The van der Waals surface area contributed by atoms with Gasteiger partial charge in [-0.2, -0.15) is 23.1 Å². The van der Waals surface area contributed by atoms with Crippen molar-refractivity contribution in [1.29, 1.82) is 0 Å². The molecular formula is C29H32F3N5O3. The molecule has 40 heavy (non-hydrogen) atoms. The molecule has 0 aliphatic carbocycles. The van der Waals surface area contributed by atoms with Gasteiger partial charge in [-0.1, -0.05) is 42.5 Å². The van der Waals surface area contributed by atoms with E-state index in [2.05, 4.69) is 15.3 Å². The van der Waals surface area contributed by atoms with Crippen LogP contribution in [0.15, 0.2) is 48.5 Å². The Bertz CT molecular complexity index is 1370. The van der Waals surface area contributed by atoms with Crippen molar-refractivity contribution >= 4 is 17.7 Å². The zero-order chi connectivity index (χ0) is 28.7. The van der Waals surface area contributed by atoms with Crippen LogP contribution < -0.4 is 20.7 Å². The highest BCUT2D eigenvalue weighted by atomic mass is 19.4. The number of carbonyl (C=O) groups is 1. The van der Waals surface area contributed by atoms with E-state index >= 15 is 0 Å². The number of hydrogen-bond acceptors (Lipinski definition) is 7. The Balaban J connectivity index is 1.34. The zero-order valence-corrected chi connectivity index (χ0v) is 22.3. The van der Waals surface area contributed by atoms with Gasteiger partial charge < -0.3 is 25.8 Å². The molecule has 11 heteroatoms. The molecule has 2 aliphatic rings. The number of carboxylic acids is 1. The number of aliphatic carboxylic acids is 1. The normalized spacial score (nSPS) is 19.5. The van der Waals surface area contributed by atoms with Crippen molar-refractivity contribution < 1.29 is 27.8 Å². The van der Waals surface area contributed by atoms with E-state index in [4.69, 9.17) is 10.5 Å². The lowest BCUT2D eigenvalue weighted by Crippen LogP contribution is -2.41. The SMILES string of the molecule is Cc1cccc(C)c1-c1ccc(C(Oc2cc(N3CCC4(CC3)CN[C@H](C(=O)O)C4)nc(N)n2)C(F)(F)F)cc1. The summed E-state index contributed by atoms with van der Waals surface area (Å²) in [5, 5.41) is 12.4. The second-order valence-corrected chi connectivity index (χ2v) is 10.8. The minimum absolute atomic E-state index is 0.0529. The number of aromatic nitrogens is 2. The molecule has 0 saturated carbocycles. The Morgan fingerprint density at radius 3 is 2.35 bits per heavy atom. The number of carboxylic acid groups (broad SMARTS) is 1. The van der Waals surface area contributed by atoms with Crippen molar-refractivity contribution in [3.8, 4) is 17.0 Å². The summed E-state index contributed by atoms with van der Waals surface area (Å²) in [5.74, 6) is -0.932. The van der Waals surface area contributed by atoms with Gasteiger partial charge in [0.1, 0.15) is 11.9 Å². The Labute approximate surface area is 230 Å². The molecule has 1 unspecified atom stereocenters. The third-order valence-corrected chi connectivity index (χ3v) is 8.03. The van der Waals surface area contributed by atoms with Crippen LogP contribution >= 0.6 is 0 Å². The summed E-state index contributed by atoms with van der Waals surface area (Å²) < 4.78 is 48.0. The number of hydrogen-bond donors (Lipinski definition) is 3. The van der Waals surface area contributed by atoms with Crippen molar-refractivity contribution in [2.45, 2.75) is 51.4 Å². The third kappa shape index (κ3) is 5.70.